The van der Waals surface area contributed by atoms with E-state index in [4.69, 9.17) is 23.8 Å². The molecule has 0 bridgehead atoms. The van der Waals surface area contributed by atoms with Crippen LogP contribution in [-0.2, 0) is 31.2 Å². The molecule has 1 aliphatic carbocycles. The van der Waals surface area contributed by atoms with Gasteiger partial charge >= 0.3 is 0 Å². The molecule has 4 rings (SSSR count). The van der Waals surface area contributed by atoms with Gasteiger partial charge < -0.3 is 14.5 Å². The van der Waals surface area contributed by atoms with Crippen molar-refractivity contribution < 1.29 is 13.6 Å². The summed E-state index contributed by atoms with van der Waals surface area (Å²) < 4.78 is 33.2. The fourth-order valence-corrected chi connectivity index (χ4v) is 5.16. The molecule has 1 N–H and O–H groups in total. The van der Waals surface area contributed by atoms with Gasteiger partial charge in [-0.25, -0.2) is 8.78 Å². The van der Waals surface area contributed by atoms with E-state index in [2.05, 4.69) is 5.32 Å². The average Bonchev–Trinajstić information content (AvgIpc) is 3.21. The summed E-state index contributed by atoms with van der Waals surface area (Å²) in [5, 5.41) is 3.04. The predicted molar refractivity (Wildman–Crippen MR) is 111 cm³/mol. The van der Waals surface area contributed by atoms with Crippen LogP contribution in [0.4, 0.5) is 8.78 Å². The molecule has 0 radical (unpaired) electrons. The summed E-state index contributed by atoms with van der Waals surface area (Å²) in [4.78, 5) is 12.6. The van der Waals surface area contributed by atoms with E-state index in [1.165, 1.54) is 18.6 Å². The van der Waals surface area contributed by atoms with Gasteiger partial charge in [-0.15, -0.1) is 0 Å². The normalized spacial score (nSPS) is 19.4. The van der Waals surface area contributed by atoms with E-state index in [1.807, 2.05) is 16.2 Å². The Morgan fingerprint density at radius 2 is 2.00 bits per heavy atom. The smallest absolute Gasteiger partial charge is 0.226 e. The highest BCUT2D eigenvalue weighted by Gasteiger charge is 2.33. The highest BCUT2D eigenvalue weighted by Crippen LogP contribution is 2.37. The van der Waals surface area contributed by atoms with E-state index in [0.29, 0.717) is 17.7 Å². The van der Waals surface area contributed by atoms with Crippen LogP contribution in [0.15, 0.2) is 12.1 Å². The van der Waals surface area contributed by atoms with E-state index in [9.17, 15) is 13.6 Å². The molecule has 1 fully saturated rings. The van der Waals surface area contributed by atoms with E-state index in [0.717, 1.165) is 37.1 Å². The number of carbonyl (C=O) groups excluding carboxylic acids is 1. The first kappa shape index (κ1) is 20.5. The zero-order chi connectivity index (χ0) is 20.7. The van der Waals surface area contributed by atoms with Crippen LogP contribution < -0.4 is 5.32 Å². The third-order valence-corrected chi connectivity index (χ3v) is 7.00. The van der Waals surface area contributed by atoms with E-state index in [-0.39, 0.29) is 29.0 Å². The van der Waals surface area contributed by atoms with Gasteiger partial charge in [0.1, 0.15) is 11.6 Å². The largest absolute Gasteiger partial charge is 0.353 e. The van der Waals surface area contributed by atoms with Crippen LogP contribution in [0.25, 0.3) is 0 Å². The van der Waals surface area contributed by atoms with Gasteiger partial charge in [-0.1, -0.05) is 30.9 Å². The van der Waals surface area contributed by atoms with Gasteiger partial charge in [-0.3, -0.25) is 4.79 Å². The fourth-order valence-electron chi connectivity index (χ4n) is 4.70. The molecule has 156 valence electrons. The third kappa shape index (κ3) is 3.87. The molecule has 2 heterocycles. The molecule has 1 aromatic heterocycles. The van der Waals surface area contributed by atoms with Gasteiger partial charge in [0.05, 0.1) is 11.4 Å². The summed E-state index contributed by atoms with van der Waals surface area (Å²) in [5.41, 5.74) is 1.68. The maximum atomic E-state index is 14.5. The first-order valence-electron chi connectivity index (χ1n) is 10.1. The molecular weight excluding hydrogens is 416 g/mol. The Bertz CT molecular complexity index is 1010. The summed E-state index contributed by atoms with van der Waals surface area (Å²) in [5.74, 6) is -1.74. The number of benzene rings is 1. The number of imidazole rings is 1. The predicted octanol–water partition coefficient (Wildman–Crippen LogP) is 4.82. The van der Waals surface area contributed by atoms with Crippen molar-refractivity contribution in [2.45, 2.75) is 63.5 Å². The number of nitrogens with zero attached hydrogens (tertiary/aromatic N) is 2. The number of nitrogens with one attached hydrogen (secondary N) is 1. The Balaban J connectivity index is 1.57. The Kier molecular flexibility index (Phi) is 5.80. The topological polar surface area (TPSA) is 39.0 Å². The molecule has 1 aromatic carbocycles. The molecule has 1 atom stereocenters. The Morgan fingerprint density at radius 1 is 1.28 bits per heavy atom. The molecule has 1 amide bonds. The monoisotopic (exact) mass is 439 g/mol. The lowest BCUT2D eigenvalue weighted by Crippen LogP contribution is -2.37. The Morgan fingerprint density at radius 3 is 2.72 bits per heavy atom. The lowest BCUT2D eigenvalue weighted by Gasteiger charge is -2.22. The first-order valence-corrected chi connectivity index (χ1v) is 10.9. The van der Waals surface area contributed by atoms with Crippen molar-refractivity contribution in [3.05, 3.63) is 50.5 Å². The minimum absolute atomic E-state index is 0.00383. The summed E-state index contributed by atoms with van der Waals surface area (Å²) in [7, 11) is 1.84. The Labute approximate surface area is 178 Å². The van der Waals surface area contributed by atoms with Crippen LogP contribution in [0.3, 0.4) is 0 Å². The van der Waals surface area contributed by atoms with Crippen molar-refractivity contribution >= 4 is 29.7 Å². The van der Waals surface area contributed by atoms with Crippen LogP contribution in [-0.4, -0.2) is 21.1 Å². The van der Waals surface area contributed by atoms with E-state index < -0.39 is 17.6 Å². The second-order valence-electron chi connectivity index (χ2n) is 8.08. The number of fused-ring (bicyclic) bond motifs is 1. The molecular formula is C21H24ClF2N3OS. The standard InChI is InChI=1S/C21H24ClF2N3OS/c1-26-16(10-18(28)25-13-5-3-2-4-6-13)17-9-12(11-27(17)21(26)29)19-15(23)8-7-14(22)20(19)24/h7-8,12-13H,2-6,9-11H2,1H3,(H,25,28)/t12-/m1/s1. The number of carbonyl (C=O) groups is 1. The maximum absolute atomic E-state index is 14.5. The average molecular weight is 440 g/mol. The van der Waals surface area contributed by atoms with Crippen LogP contribution in [0.1, 0.15) is 55.0 Å². The fraction of sp³-hybridized carbons (Fsp3) is 0.524. The van der Waals surface area contributed by atoms with Gasteiger partial charge in [-0.2, -0.15) is 0 Å². The molecule has 0 saturated heterocycles. The molecule has 1 saturated carbocycles. The lowest BCUT2D eigenvalue weighted by molar-refractivity contribution is -0.121. The quantitative estimate of drug-likeness (QED) is 0.548. The van der Waals surface area contributed by atoms with Crippen molar-refractivity contribution in [2.24, 2.45) is 7.05 Å². The van der Waals surface area contributed by atoms with Crippen molar-refractivity contribution in [3.8, 4) is 0 Å². The molecule has 2 aromatic rings. The van der Waals surface area contributed by atoms with Crippen molar-refractivity contribution in [2.75, 3.05) is 0 Å². The number of aromatic nitrogens is 2. The van der Waals surface area contributed by atoms with Crippen molar-refractivity contribution in [1.82, 2.24) is 14.5 Å². The van der Waals surface area contributed by atoms with Gasteiger partial charge in [0.15, 0.2) is 4.77 Å². The molecule has 29 heavy (non-hydrogen) atoms. The maximum Gasteiger partial charge on any atom is 0.226 e. The second kappa shape index (κ2) is 8.19. The molecule has 1 aliphatic heterocycles. The summed E-state index contributed by atoms with van der Waals surface area (Å²) in [6.45, 7) is 0.375. The zero-order valence-corrected chi connectivity index (χ0v) is 17.9. The van der Waals surface area contributed by atoms with Crippen LogP contribution >= 0.6 is 23.8 Å². The second-order valence-corrected chi connectivity index (χ2v) is 8.86. The van der Waals surface area contributed by atoms with Crippen LogP contribution in [0.5, 0.6) is 0 Å². The number of halogens is 3. The van der Waals surface area contributed by atoms with Gasteiger partial charge in [0.25, 0.3) is 0 Å². The summed E-state index contributed by atoms with van der Waals surface area (Å²) in [6, 6.07) is 2.66. The van der Waals surface area contributed by atoms with Gasteiger partial charge in [-0.05, 0) is 43.6 Å². The molecule has 4 nitrogen and oxygen atoms in total. The number of rotatable bonds is 4. The number of amides is 1. The highest BCUT2D eigenvalue weighted by atomic mass is 35.5. The minimum atomic E-state index is -0.714. The third-order valence-electron chi connectivity index (χ3n) is 6.21. The van der Waals surface area contributed by atoms with Crippen molar-refractivity contribution in [1.29, 1.82) is 0 Å². The number of hydrogen-bond donors (Lipinski definition) is 1. The molecule has 0 spiro atoms. The van der Waals surface area contributed by atoms with E-state index in [1.54, 1.807) is 0 Å². The number of hydrogen-bond acceptors (Lipinski definition) is 2. The Hall–Kier alpha value is -1.73. The molecule has 0 unspecified atom stereocenters. The minimum Gasteiger partial charge on any atom is -0.353 e. The van der Waals surface area contributed by atoms with E-state index >= 15 is 0 Å². The van der Waals surface area contributed by atoms with Crippen LogP contribution in [0.2, 0.25) is 5.02 Å². The lowest BCUT2D eigenvalue weighted by atomic mass is 9.94. The van der Waals surface area contributed by atoms with Crippen molar-refractivity contribution in [3.63, 3.8) is 0 Å². The first-order chi connectivity index (χ1) is 13.9. The highest BCUT2D eigenvalue weighted by molar-refractivity contribution is 7.71. The SMILES string of the molecule is Cn1c(CC(=O)NC2CCCCC2)c2n(c1=S)C[C@H](c1c(F)ccc(Cl)c1F)C2. The molecule has 2 aliphatic rings. The van der Waals surface area contributed by atoms with Gasteiger partial charge in [0, 0.05) is 42.5 Å². The van der Waals surface area contributed by atoms with Crippen LogP contribution in [0, 0.1) is 16.4 Å². The van der Waals surface area contributed by atoms with Gasteiger partial charge in [0.2, 0.25) is 5.91 Å². The summed E-state index contributed by atoms with van der Waals surface area (Å²) in [6.07, 6.45) is 6.20. The zero-order valence-electron chi connectivity index (χ0n) is 16.3. The molecule has 8 heteroatoms. The summed E-state index contributed by atoms with van der Waals surface area (Å²) >= 11 is 11.4.